The van der Waals surface area contributed by atoms with Crippen LogP contribution in [0.25, 0.3) is 0 Å². The molecule has 0 spiro atoms. The SMILES string of the molecule is CC(C)C(CNC(=O)CCN(C)C)C(=O)O. The van der Waals surface area contributed by atoms with Crippen molar-refractivity contribution >= 4 is 11.9 Å². The number of carboxylic acids is 1. The van der Waals surface area contributed by atoms with Gasteiger partial charge >= 0.3 is 5.97 Å². The fraction of sp³-hybridized carbons (Fsp3) is 0.818. The molecule has 0 aromatic carbocycles. The third-order valence-corrected chi connectivity index (χ3v) is 2.43. The zero-order chi connectivity index (χ0) is 12.7. The Kier molecular flexibility index (Phi) is 6.72. The zero-order valence-corrected chi connectivity index (χ0v) is 10.5. The van der Waals surface area contributed by atoms with Gasteiger partial charge in [-0.25, -0.2) is 0 Å². The summed E-state index contributed by atoms with van der Waals surface area (Å²) in [6.07, 6.45) is 0.400. The minimum absolute atomic E-state index is 0.0200. The summed E-state index contributed by atoms with van der Waals surface area (Å²) in [5, 5.41) is 11.6. The number of nitrogens with one attached hydrogen (secondary N) is 1. The molecule has 5 heteroatoms. The average molecular weight is 230 g/mol. The van der Waals surface area contributed by atoms with Crippen molar-refractivity contribution in [3.05, 3.63) is 0 Å². The molecule has 0 saturated heterocycles. The molecule has 0 aliphatic carbocycles. The van der Waals surface area contributed by atoms with Crippen LogP contribution >= 0.6 is 0 Å². The van der Waals surface area contributed by atoms with E-state index >= 15 is 0 Å². The van der Waals surface area contributed by atoms with Crippen LogP contribution in [0.15, 0.2) is 0 Å². The molecule has 1 atom stereocenters. The van der Waals surface area contributed by atoms with Crippen LogP contribution in [0.5, 0.6) is 0 Å². The van der Waals surface area contributed by atoms with Crippen LogP contribution in [-0.2, 0) is 9.59 Å². The summed E-state index contributed by atoms with van der Waals surface area (Å²) in [5.74, 6) is -1.45. The fourth-order valence-corrected chi connectivity index (χ4v) is 1.25. The number of nitrogens with zero attached hydrogens (tertiary/aromatic N) is 1. The molecule has 5 nitrogen and oxygen atoms in total. The minimum atomic E-state index is -0.858. The summed E-state index contributed by atoms with van der Waals surface area (Å²) in [6.45, 7) is 4.56. The van der Waals surface area contributed by atoms with Gasteiger partial charge in [0.15, 0.2) is 0 Å². The number of rotatable bonds is 7. The molecule has 0 radical (unpaired) electrons. The van der Waals surface area contributed by atoms with E-state index in [1.807, 2.05) is 32.8 Å². The Hall–Kier alpha value is -1.10. The van der Waals surface area contributed by atoms with Crippen LogP contribution in [-0.4, -0.2) is 49.1 Å². The highest BCUT2D eigenvalue weighted by atomic mass is 16.4. The monoisotopic (exact) mass is 230 g/mol. The van der Waals surface area contributed by atoms with Crippen LogP contribution in [0, 0.1) is 11.8 Å². The standard InChI is InChI=1S/C11H22N2O3/c1-8(2)9(11(15)16)7-12-10(14)5-6-13(3)4/h8-9H,5-7H2,1-4H3,(H,12,14)(H,15,16). The van der Waals surface area contributed by atoms with Crippen molar-refractivity contribution in [2.45, 2.75) is 20.3 Å². The van der Waals surface area contributed by atoms with Gasteiger partial charge in [-0.3, -0.25) is 9.59 Å². The van der Waals surface area contributed by atoms with E-state index in [1.165, 1.54) is 0 Å². The lowest BCUT2D eigenvalue weighted by atomic mass is 9.96. The van der Waals surface area contributed by atoms with Crippen LogP contribution in [0.4, 0.5) is 0 Å². The van der Waals surface area contributed by atoms with Crippen molar-refractivity contribution in [2.75, 3.05) is 27.2 Å². The van der Waals surface area contributed by atoms with Crippen molar-refractivity contribution in [1.29, 1.82) is 0 Å². The first-order chi connectivity index (χ1) is 7.34. The molecule has 0 saturated carbocycles. The molecule has 0 aliphatic heterocycles. The van der Waals surface area contributed by atoms with Crippen LogP contribution in [0.2, 0.25) is 0 Å². The van der Waals surface area contributed by atoms with E-state index < -0.39 is 11.9 Å². The number of hydrogen-bond acceptors (Lipinski definition) is 3. The lowest BCUT2D eigenvalue weighted by Crippen LogP contribution is -2.36. The topological polar surface area (TPSA) is 69.6 Å². The number of aliphatic carboxylic acids is 1. The average Bonchev–Trinajstić information content (AvgIpc) is 2.13. The van der Waals surface area contributed by atoms with E-state index in [9.17, 15) is 9.59 Å². The molecule has 0 aromatic heterocycles. The molecule has 16 heavy (non-hydrogen) atoms. The van der Waals surface area contributed by atoms with Gasteiger partial charge in [-0.1, -0.05) is 13.8 Å². The first-order valence-corrected chi connectivity index (χ1v) is 5.48. The molecule has 1 unspecified atom stereocenters. The van der Waals surface area contributed by atoms with Crippen molar-refractivity contribution in [3.63, 3.8) is 0 Å². The zero-order valence-electron chi connectivity index (χ0n) is 10.5. The van der Waals surface area contributed by atoms with E-state index in [2.05, 4.69) is 5.32 Å². The Balaban J connectivity index is 3.93. The first kappa shape index (κ1) is 14.9. The predicted molar refractivity (Wildman–Crippen MR) is 62.1 cm³/mol. The summed E-state index contributed by atoms with van der Waals surface area (Å²) in [6, 6.07) is 0. The van der Waals surface area contributed by atoms with Crippen LogP contribution in [0.3, 0.4) is 0 Å². The second-order valence-corrected chi connectivity index (χ2v) is 4.55. The molecule has 0 bridgehead atoms. The molecule has 0 aromatic rings. The fourth-order valence-electron chi connectivity index (χ4n) is 1.25. The highest BCUT2D eigenvalue weighted by molar-refractivity contribution is 5.77. The van der Waals surface area contributed by atoms with Crippen LogP contribution < -0.4 is 5.32 Å². The molecular formula is C11H22N2O3. The number of hydrogen-bond donors (Lipinski definition) is 2. The molecule has 1 amide bonds. The van der Waals surface area contributed by atoms with Gasteiger partial charge in [0, 0.05) is 19.5 Å². The number of carbonyl (C=O) groups excluding carboxylic acids is 1. The molecule has 0 aliphatic rings. The lowest BCUT2D eigenvalue weighted by molar-refractivity contribution is -0.143. The van der Waals surface area contributed by atoms with E-state index in [1.54, 1.807) is 0 Å². The molecule has 2 N–H and O–H groups in total. The van der Waals surface area contributed by atoms with Crippen molar-refractivity contribution in [3.8, 4) is 0 Å². The number of carboxylic acid groups (broad SMARTS) is 1. The smallest absolute Gasteiger partial charge is 0.308 e. The maximum atomic E-state index is 11.4. The Bertz CT molecular complexity index is 239. The molecular weight excluding hydrogens is 208 g/mol. The summed E-state index contributed by atoms with van der Waals surface area (Å²) < 4.78 is 0. The van der Waals surface area contributed by atoms with Gasteiger partial charge < -0.3 is 15.3 Å². The third kappa shape index (κ3) is 6.40. The number of carbonyl (C=O) groups is 2. The van der Waals surface area contributed by atoms with Gasteiger partial charge in [-0.2, -0.15) is 0 Å². The van der Waals surface area contributed by atoms with Gasteiger partial charge in [-0.05, 0) is 20.0 Å². The van der Waals surface area contributed by atoms with Crippen molar-refractivity contribution in [1.82, 2.24) is 10.2 Å². The summed E-state index contributed by atoms with van der Waals surface area (Å²) in [5.41, 5.74) is 0. The van der Waals surface area contributed by atoms with E-state index in [-0.39, 0.29) is 18.4 Å². The highest BCUT2D eigenvalue weighted by Crippen LogP contribution is 2.09. The van der Waals surface area contributed by atoms with Crippen LogP contribution in [0.1, 0.15) is 20.3 Å². The Morgan fingerprint density at radius 2 is 1.88 bits per heavy atom. The Morgan fingerprint density at radius 1 is 1.31 bits per heavy atom. The molecule has 0 fully saturated rings. The third-order valence-electron chi connectivity index (χ3n) is 2.43. The van der Waals surface area contributed by atoms with Gasteiger partial charge in [0.05, 0.1) is 5.92 Å². The van der Waals surface area contributed by atoms with Gasteiger partial charge in [0.2, 0.25) is 5.91 Å². The van der Waals surface area contributed by atoms with Gasteiger partial charge in [0.1, 0.15) is 0 Å². The van der Waals surface area contributed by atoms with Gasteiger partial charge in [-0.15, -0.1) is 0 Å². The lowest BCUT2D eigenvalue weighted by Gasteiger charge is -2.17. The summed E-state index contributed by atoms with van der Waals surface area (Å²) in [7, 11) is 3.78. The van der Waals surface area contributed by atoms with E-state index in [4.69, 9.17) is 5.11 Å². The quantitative estimate of drug-likeness (QED) is 0.664. The van der Waals surface area contributed by atoms with E-state index in [0.29, 0.717) is 13.0 Å². The molecule has 94 valence electrons. The molecule has 0 rings (SSSR count). The maximum absolute atomic E-state index is 11.4. The normalized spacial score (nSPS) is 12.9. The predicted octanol–water partition coefficient (Wildman–Crippen LogP) is 0.411. The first-order valence-electron chi connectivity index (χ1n) is 5.48. The second kappa shape index (κ2) is 7.22. The second-order valence-electron chi connectivity index (χ2n) is 4.55. The summed E-state index contributed by atoms with van der Waals surface area (Å²) in [4.78, 5) is 24.1. The Labute approximate surface area is 96.8 Å². The van der Waals surface area contributed by atoms with E-state index in [0.717, 1.165) is 0 Å². The summed E-state index contributed by atoms with van der Waals surface area (Å²) >= 11 is 0. The van der Waals surface area contributed by atoms with Gasteiger partial charge in [0.25, 0.3) is 0 Å². The minimum Gasteiger partial charge on any atom is -0.481 e. The van der Waals surface area contributed by atoms with Crippen molar-refractivity contribution < 1.29 is 14.7 Å². The molecule has 0 heterocycles. The van der Waals surface area contributed by atoms with Crippen molar-refractivity contribution in [2.24, 2.45) is 11.8 Å². The Morgan fingerprint density at radius 3 is 2.25 bits per heavy atom. The number of amides is 1. The largest absolute Gasteiger partial charge is 0.481 e. The highest BCUT2D eigenvalue weighted by Gasteiger charge is 2.21. The maximum Gasteiger partial charge on any atom is 0.308 e.